The molecule has 0 aliphatic heterocycles. The predicted molar refractivity (Wildman–Crippen MR) is 68.1 cm³/mol. The van der Waals surface area contributed by atoms with Gasteiger partial charge in [-0.15, -0.1) is 0 Å². The van der Waals surface area contributed by atoms with Gasteiger partial charge in [0.15, 0.2) is 0 Å². The molecule has 0 aromatic rings. The van der Waals surface area contributed by atoms with Crippen molar-refractivity contribution in [3.8, 4) is 0 Å². The van der Waals surface area contributed by atoms with Crippen LogP contribution in [0, 0.1) is 5.92 Å². The molecule has 15 heavy (non-hydrogen) atoms. The second kappa shape index (κ2) is 7.05. The van der Waals surface area contributed by atoms with Crippen LogP contribution in [0.3, 0.4) is 0 Å². The summed E-state index contributed by atoms with van der Waals surface area (Å²) in [5.41, 5.74) is 1.33. The average molecular weight is 209 g/mol. The van der Waals surface area contributed by atoms with E-state index in [1.807, 2.05) is 0 Å². The Morgan fingerprint density at radius 1 is 1.27 bits per heavy atom. The molecule has 1 nitrogen and oxygen atoms in total. The van der Waals surface area contributed by atoms with Crippen LogP contribution in [0.4, 0.5) is 0 Å². The van der Waals surface area contributed by atoms with Crippen molar-refractivity contribution in [2.45, 2.75) is 64.8 Å². The maximum absolute atomic E-state index is 4.15. The Morgan fingerprint density at radius 2 is 1.87 bits per heavy atom. The fourth-order valence-electron chi connectivity index (χ4n) is 2.69. The van der Waals surface area contributed by atoms with Gasteiger partial charge in [0.25, 0.3) is 0 Å². The van der Waals surface area contributed by atoms with Crippen molar-refractivity contribution in [2.75, 3.05) is 6.54 Å². The topological polar surface area (TPSA) is 12.0 Å². The van der Waals surface area contributed by atoms with Crippen molar-refractivity contribution < 1.29 is 0 Å². The van der Waals surface area contributed by atoms with Crippen molar-refractivity contribution in [3.05, 3.63) is 12.2 Å². The van der Waals surface area contributed by atoms with E-state index in [4.69, 9.17) is 0 Å². The van der Waals surface area contributed by atoms with Gasteiger partial charge >= 0.3 is 0 Å². The van der Waals surface area contributed by atoms with E-state index >= 15 is 0 Å². The summed E-state index contributed by atoms with van der Waals surface area (Å²) in [6.45, 7) is 9.70. The van der Waals surface area contributed by atoms with Gasteiger partial charge in [-0.25, -0.2) is 0 Å². The standard InChI is InChI=1S/C14H27N/c1-4-11-15-14(12(2)3)13-9-7-5-6-8-10-13/h13-15H,2,4-11H2,1,3H3. The maximum Gasteiger partial charge on any atom is 0.0302 e. The van der Waals surface area contributed by atoms with Crippen molar-refractivity contribution >= 4 is 0 Å². The van der Waals surface area contributed by atoms with Crippen LogP contribution in [0.2, 0.25) is 0 Å². The van der Waals surface area contributed by atoms with E-state index in [1.165, 1.54) is 50.5 Å². The van der Waals surface area contributed by atoms with Crippen molar-refractivity contribution in [3.63, 3.8) is 0 Å². The van der Waals surface area contributed by atoms with Crippen molar-refractivity contribution in [1.29, 1.82) is 0 Å². The third-order valence-electron chi connectivity index (χ3n) is 3.52. The van der Waals surface area contributed by atoms with E-state index in [0.717, 1.165) is 12.5 Å². The Bertz CT molecular complexity index is 178. The maximum atomic E-state index is 4.15. The van der Waals surface area contributed by atoms with E-state index < -0.39 is 0 Å². The van der Waals surface area contributed by atoms with Crippen LogP contribution in [0.25, 0.3) is 0 Å². The highest BCUT2D eigenvalue weighted by atomic mass is 14.9. The summed E-state index contributed by atoms with van der Waals surface area (Å²) in [5.74, 6) is 0.844. The first-order chi connectivity index (χ1) is 7.25. The van der Waals surface area contributed by atoms with Crippen LogP contribution in [-0.4, -0.2) is 12.6 Å². The minimum Gasteiger partial charge on any atom is -0.310 e. The minimum atomic E-state index is 0.572. The Hall–Kier alpha value is -0.300. The number of hydrogen-bond donors (Lipinski definition) is 1. The van der Waals surface area contributed by atoms with E-state index in [0.29, 0.717) is 6.04 Å². The smallest absolute Gasteiger partial charge is 0.0302 e. The third-order valence-corrected chi connectivity index (χ3v) is 3.52. The SMILES string of the molecule is C=C(C)C(NCCC)C1CCCCCC1. The molecule has 1 saturated carbocycles. The molecule has 0 aromatic heterocycles. The normalized spacial score (nSPS) is 20.9. The van der Waals surface area contributed by atoms with Crippen LogP contribution in [0.1, 0.15) is 58.8 Å². The van der Waals surface area contributed by atoms with Gasteiger partial charge in [-0.05, 0) is 38.6 Å². The van der Waals surface area contributed by atoms with Crippen LogP contribution in [0.15, 0.2) is 12.2 Å². The molecule has 1 aliphatic rings. The van der Waals surface area contributed by atoms with Crippen LogP contribution < -0.4 is 5.32 Å². The highest BCUT2D eigenvalue weighted by Crippen LogP contribution is 2.27. The molecule has 1 heteroatoms. The van der Waals surface area contributed by atoms with Gasteiger partial charge in [0.1, 0.15) is 0 Å². The van der Waals surface area contributed by atoms with Gasteiger partial charge in [0.2, 0.25) is 0 Å². The highest BCUT2D eigenvalue weighted by molar-refractivity contribution is 5.04. The first-order valence-electron chi connectivity index (χ1n) is 6.64. The summed E-state index contributed by atoms with van der Waals surface area (Å²) in [7, 11) is 0. The summed E-state index contributed by atoms with van der Waals surface area (Å²) >= 11 is 0. The van der Waals surface area contributed by atoms with Crippen LogP contribution in [-0.2, 0) is 0 Å². The molecule has 0 saturated heterocycles. The molecule has 1 unspecified atom stereocenters. The molecule has 0 amide bonds. The van der Waals surface area contributed by atoms with Gasteiger partial charge in [-0.1, -0.05) is 44.8 Å². The molecule has 1 atom stereocenters. The van der Waals surface area contributed by atoms with E-state index in [9.17, 15) is 0 Å². The Labute approximate surface area is 95.3 Å². The van der Waals surface area contributed by atoms with Crippen LogP contribution in [0.5, 0.6) is 0 Å². The van der Waals surface area contributed by atoms with Crippen LogP contribution >= 0.6 is 0 Å². The van der Waals surface area contributed by atoms with Gasteiger partial charge in [0, 0.05) is 6.04 Å². The average Bonchev–Trinajstić information content (AvgIpc) is 2.47. The molecular weight excluding hydrogens is 182 g/mol. The molecule has 0 aromatic carbocycles. The molecule has 1 N–H and O–H groups in total. The predicted octanol–water partition coefficient (Wildman–Crippen LogP) is 3.90. The second-order valence-electron chi connectivity index (χ2n) is 5.03. The Kier molecular flexibility index (Phi) is 6.00. The lowest BCUT2D eigenvalue weighted by Gasteiger charge is -2.27. The lowest BCUT2D eigenvalue weighted by atomic mass is 9.88. The molecule has 0 bridgehead atoms. The fourth-order valence-corrected chi connectivity index (χ4v) is 2.69. The Morgan fingerprint density at radius 3 is 2.33 bits per heavy atom. The largest absolute Gasteiger partial charge is 0.310 e. The van der Waals surface area contributed by atoms with Crippen molar-refractivity contribution in [2.24, 2.45) is 5.92 Å². The summed E-state index contributed by atoms with van der Waals surface area (Å²) in [6.07, 6.45) is 9.73. The second-order valence-corrected chi connectivity index (χ2v) is 5.03. The quantitative estimate of drug-likeness (QED) is 0.535. The molecule has 1 rings (SSSR count). The summed E-state index contributed by atoms with van der Waals surface area (Å²) in [6, 6.07) is 0.572. The Balaban J connectivity index is 2.48. The van der Waals surface area contributed by atoms with E-state index in [1.54, 1.807) is 0 Å². The zero-order chi connectivity index (χ0) is 11.1. The molecule has 1 aliphatic carbocycles. The van der Waals surface area contributed by atoms with Gasteiger partial charge < -0.3 is 5.32 Å². The monoisotopic (exact) mass is 209 g/mol. The zero-order valence-electron chi connectivity index (χ0n) is 10.5. The molecular formula is C14H27N. The van der Waals surface area contributed by atoms with Crippen molar-refractivity contribution in [1.82, 2.24) is 5.32 Å². The number of rotatable bonds is 5. The summed E-state index contributed by atoms with van der Waals surface area (Å²) in [5, 5.41) is 3.67. The lowest BCUT2D eigenvalue weighted by molar-refractivity contribution is 0.353. The van der Waals surface area contributed by atoms with Gasteiger partial charge in [-0.3, -0.25) is 0 Å². The third kappa shape index (κ3) is 4.38. The minimum absolute atomic E-state index is 0.572. The van der Waals surface area contributed by atoms with Gasteiger partial charge in [-0.2, -0.15) is 0 Å². The zero-order valence-corrected chi connectivity index (χ0v) is 10.5. The summed E-state index contributed by atoms with van der Waals surface area (Å²) in [4.78, 5) is 0. The lowest BCUT2D eigenvalue weighted by Crippen LogP contribution is -2.37. The highest BCUT2D eigenvalue weighted by Gasteiger charge is 2.22. The first kappa shape index (κ1) is 12.8. The number of hydrogen-bond acceptors (Lipinski definition) is 1. The van der Waals surface area contributed by atoms with E-state index in [-0.39, 0.29) is 0 Å². The fraction of sp³-hybridized carbons (Fsp3) is 0.857. The first-order valence-corrected chi connectivity index (χ1v) is 6.64. The van der Waals surface area contributed by atoms with Gasteiger partial charge in [0.05, 0.1) is 0 Å². The molecule has 0 radical (unpaired) electrons. The molecule has 88 valence electrons. The summed E-state index contributed by atoms with van der Waals surface area (Å²) < 4.78 is 0. The molecule has 0 heterocycles. The van der Waals surface area contributed by atoms with E-state index in [2.05, 4.69) is 25.7 Å². The molecule has 1 fully saturated rings. The molecule has 0 spiro atoms. The number of nitrogens with one attached hydrogen (secondary N) is 1.